The minimum atomic E-state index is -0.357. The van der Waals surface area contributed by atoms with Gasteiger partial charge in [-0.1, -0.05) is 36.0 Å². The highest BCUT2D eigenvalue weighted by Crippen LogP contribution is 2.35. The second-order valence-corrected chi connectivity index (χ2v) is 8.94. The summed E-state index contributed by atoms with van der Waals surface area (Å²) < 4.78 is 10.7. The van der Waals surface area contributed by atoms with Gasteiger partial charge in [-0.15, -0.1) is 11.3 Å². The van der Waals surface area contributed by atoms with Crippen LogP contribution in [0.25, 0.3) is 21.6 Å². The van der Waals surface area contributed by atoms with E-state index in [1.165, 1.54) is 11.8 Å². The first-order valence-electron chi connectivity index (χ1n) is 9.35. The molecule has 0 saturated carbocycles. The lowest BCUT2D eigenvalue weighted by atomic mass is 10.2. The Balaban J connectivity index is 1.39. The topological polar surface area (TPSA) is 73.3 Å². The fraction of sp³-hybridized carbons (Fsp3) is 0.136. The number of hydrogen-bond acceptors (Lipinski definition) is 7. The third kappa shape index (κ3) is 3.71. The van der Waals surface area contributed by atoms with Gasteiger partial charge in [0.2, 0.25) is 12.7 Å². The third-order valence-electron chi connectivity index (χ3n) is 4.61. The lowest BCUT2D eigenvalue weighted by Crippen LogP contribution is -2.22. The van der Waals surface area contributed by atoms with Gasteiger partial charge in [-0.05, 0) is 36.6 Å². The molecule has 0 spiro atoms. The normalized spacial score (nSPS) is 13.4. The molecule has 0 radical (unpaired) electrons. The number of carbonyl (C=O) groups excluding carboxylic acids is 1. The minimum Gasteiger partial charge on any atom is -0.454 e. The first kappa shape index (κ1) is 18.9. The molecule has 0 bridgehead atoms. The van der Waals surface area contributed by atoms with Crippen LogP contribution in [0.5, 0.6) is 11.5 Å². The van der Waals surface area contributed by atoms with Crippen molar-refractivity contribution in [2.24, 2.45) is 0 Å². The molecular formula is C22H17N3O3S2. The number of amides is 1. The van der Waals surface area contributed by atoms with Gasteiger partial charge in [0, 0.05) is 17.1 Å². The van der Waals surface area contributed by atoms with Crippen LogP contribution >= 0.6 is 23.1 Å². The van der Waals surface area contributed by atoms with Gasteiger partial charge < -0.3 is 14.8 Å². The van der Waals surface area contributed by atoms with E-state index >= 15 is 0 Å². The number of benzene rings is 2. The zero-order valence-electron chi connectivity index (χ0n) is 16.0. The van der Waals surface area contributed by atoms with Crippen molar-refractivity contribution in [1.82, 2.24) is 9.97 Å². The number of thioether (sulfide) groups is 1. The van der Waals surface area contributed by atoms with Crippen LogP contribution in [-0.4, -0.2) is 27.9 Å². The molecule has 0 aliphatic carbocycles. The average molecular weight is 436 g/mol. The van der Waals surface area contributed by atoms with Crippen LogP contribution in [0.15, 0.2) is 65.0 Å². The predicted octanol–water partition coefficient (Wildman–Crippen LogP) is 5.21. The number of anilines is 1. The van der Waals surface area contributed by atoms with E-state index in [9.17, 15) is 4.79 Å². The van der Waals surface area contributed by atoms with Crippen LogP contribution in [0, 0.1) is 0 Å². The Hall–Kier alpha value is -3.10. The fourth-order valence-corrected chi connectivity index (χ4v) is 4.69. The molecule has 1 atom stereocenters. The lowest BCUT2D eigenvalue weighted by Gasteiger charge is -2.14. The van der Waals surface area contributed by atoms with Crippen LogP contribution in [-0.2, 0) is 4.79 Å². The maximum absolute atomic E-state index is 12.8. The number of hydrogen-bond donors (Lipinski definition) is 1. The number of para-hydroxylation sites is 1. The molecule has 6 nitrogen and oxygen atoms in total. The molecule has 0 fully saturated rings. The molecule has 150 valence electrons. The zero-order valence-corrected chi connectivity index (χ0v) is 17.6. The van der Waals surface area contributed by atoms with Gasteiger partial charge in [-0.25, -0.2) is 9.97 Å². The van der Waals surface area contributed by atoms with Crippen LogP contribution in [0.4, 0.5) is 5.69 Å². The summed E-state index contributed by atoms with van der Waals surface area (Å²) in [6, 6.07) is 17.2. The fourth-order valence-electron chi connectivity index (χ4n) is 3.09. The highest BCUT2D eigenvalue weighted by molar-refractivity contribution is 8.00. The molecular weight excluding hydrogens is 418 g/mol. The van der Waals surface area contributed by atoms with Gasteiger partial charge >= 0.3 is 0 Å². The largest absolute Gasteiger partial charge is 0.454 e. The zero-order chi connectivity index (χ0) is 20.5. The molecule has 1 aliphatic rings. The van der Waals surface area contributed by atoms with Gasteiger partial charge in [0.05, 0.1) is 15.6 Å². The Bertz CT molecular complexity index is 1230. The summed E-state index contributed by atoms with van der Waals surface area (Å²) in [5, 5.41) is 6.32. The van der Waals surface area contributed by atoms with E-state index in [4.69, 9.17) is 19.4 Å². The molecule has 0 saturated heterocycles. The monoisotopic (exact) mass is 435 g/mol. The Kier molecular flexibility index (Phi) is 5.02. The second-order valence-electron chi connectivity index (χ2n) is 6.66. The van der Waals surface area contributed by atoms with Crippen molar-refractivity contribution in [3.63, 3.8) is 0 Å². The molecule has 1 amide bonds. The van der Waals surface area contributed by atoms with E-state index in [1.807, 2.05) is 48.7 Å². The van der Waals surface area contributed by atoms with Gasteiger partial charge in [0.15, 0.2) is 17.3 Å². The first-order chi connectivity index (χ1) is 14.7. The molecule has 4 aromatic rings. The number of thiophene rings is 1. The van der Waals surface area contributed by atoms with Gasteiger partial charge in [-0.3, -0.25) is 4.79 Å². The molecule has 0 unspecified atom stereocenters. The van der Waals surface area contributed by atoms with Gasteiger partial charge in [0.25, 0.3) is 0 Å². The lowest BCUT2D eigenvalue weighted by molar-refractivity contribution is -0.115. The number of carbonyl (C=O) groups is 1. The smallest absolute Gasteiger partial charge is 0.237 e. The van der Waals surface area contributed by atoms with Crippen molar-refractivity contribution >= 4 is 45.6 Å². The minimum absolute atomic E-state index is 0.112. The van der Waals surface area contributed by atoms with Crippen molar-refractivity contribution in [3.05, 3.63) is 60.0 Å². The van der Waals surface area contributed by atoms with Crippen molar-refractivity contribution in [2.75, 3.05) is 12.1 Å². The highest BCUT2D eigenvalue weighted by Gasteiger charge is 2.20. The summed E-state index contributed by atoms with van der Waals surface area (Å²) in [4.78, 5) is 23.3. The molecule has 1 N–H and O–H groups in total. The summed E-state index contributed by atoms with van der Waals surface area (Å²) in [7, 11) is 0. The quantitative estimate of drug-likeness (QED) is 0.343. The summed E-state index contributed by atoms with van der Waals surface area (Å²) in [5.41, 5.74) is 1.53. The van der Waals surface area contributed by atoms with E-state index < -0.39 is 0 Å². The highest BCUT2D eigenvalue weighted by atomic mass is 32.2. The average Bonchev–Trinajstić information content (AvgIpc) is 3.45. The number of rotatable bonds is 5. The maximum atomic E-state index is 12.8. The SMILES string of the molecule is C[C@@H](Sc1nc(-c2cccs2)nc2ccccc12)C(=O)Nc1ccc2c(c1)OCO2. The Morgan fingerprint density at radius 2 is 1.97 bits per heavy atom. The first-order valence-corrected chi connectivity index (χ1v) is 11.1. The second kappa shape index (κ2) is 7.97. The van der Waals surface area contributed by atoms with Crippen molar-refractivity contribution < 1.29 is 14.3 Å². The van der Waals surface area contributed by atoms with Crippen LogP contribution in [0.2, 0.25) is 0 Å². The Morgan fingerprint density at radius 1 is 1.10 bits per heavy atom. The molecule has 1 aliphatic heterocycles. The van der Waals surface area contributed by atoms with E-state index in [2.05, 4.69) is 5.32 Å². The van der Waals surface area contributed by atoms with Crippen LogP contribution in [0.3, 0.4) is 0 Å². The van der Waals surface area contributed by atoms with E-state index in [0.717, 1.165) is 20.8 Å². The summed E-state index contributed by atoms with van der Waals surface area (Å²) in [5.74, 6) is 1.88. The van der Waals surface area contributed by atoms with Crippen LogP contribution < -0.4 is 14.8 Å². The van der Waals surface area contributed by atoms with Crippen molar-refractivity contribution in [2.45, 2.75) is 17.2 Å². The molecule has 2 aromatic heterocycles. The van der Waals surface area contributed by atoms with Crippen molar-refractivity contribution in [1.29, 1.82) is 0 Å². The Morgan fingerprint density at radius 3 is 2.83 bits per heavy atom. The number of fused-ring (bicyclic) bond motifs is 2. The Labute approximate surface area is 181 Å². The summed E-state index contributed by atoms with van der Waals surface area (Å²) >= 11 is 3.02. The van der Waals surface area contributed by atoms with E-state index in [1.54, 1.807) is 29.5 Å². The number of aromatic nitrogens is 2. The third-order valence-corrected chi connectivity index (χ3v) is 6.58. The predicted molar refractivity (Wildman–Crippen MR) is 119 cm³/mol. The summed E-state index contributed by atoms with van der Waals surface area (Å²) in [6.07, 6.45) is 0. The van der Waals surface area contributed by atoms with E-state index in [0.29, 0.717) is 23.0 Å². The number of nitrogens with zero attached hydrogens (tertiary/aromatic N) is 2. The summed E-state index contributed by atoms with van der Waals surface area (Å²) in [6.45, 7) is 2.07. The molecule has 3 heterocycles. The number of ether oxygens (including phenoxy) is 2. The maximum Gasteiger partial charge on any atom is 0.237 e. The molecule has 5 rings (SSSR count). The van der Waals surface area contributed by atoms with Gasteiger partial charge in [0.1, 0.15) is 5.03 Å². The molecule has 8 heteroatoms. The van der Waals surface area contributed by atoms with Crippen LogP contribution in [0.1, 0.15) is 6.92 Å². The van der Waals surface area contributed by atoms with Gasteiger partial charge in [-0.2, -0.15) is 0 Å². The van der Waals surface area contributed by atoms with Crippen molar-refractivity contribution in [3.8, 4) is 22.2 Å². The van der Waals surface area contributed by atoms with E-state index in [-0.39, 0.29) is 18.0 Å². The molecule has 30 heavy (non-hydrogen) atoms. The molecule has 2 aromatic carbocycles. The number of nitrogens with one attached hydrogen (secondary N) is 1. The standard InChI is InChI=1S/C22H17N3O3S2/c1-13(21(26)23-14-8-9-17-18(11-14)28-12-27-17)30-22-15-5-2-3-6-16(15)24-20(25-22)19-7-4-10-29-19/h2-11,13H,12H2,1H3,(H,23,26)/t13-/m1/s1.